The minimum absolute atomic E-state index is 0.207. The van der Waals surface area contributed by atoms with Gasteiger partial charge in [0.05, 0.1) is 19.9 Å². The van der Waals surface area contributed by atoms with Gasteiger partial charge in [-0.25, -0.2) is 9.67 Å². The molecule has 0 aromatic carbocycles. The lowest BCUT2D eigenvalue weighted by molar-refractivity contribution is 0.0171. The molecular weight excluding hydrogens is 308 g/mol. The van der Waals surface area contributed by atoms with Crippen LogP contribution in [0.5, 0.6) is 5.88 Å². The Morgan fingerprint density at radius 3 is 2.79 bits per heavy atom. The molecule has 0 amide bonds. The third kappa shape index (κ3) is 3.19. The maximum atomic E-state index is 11.1. The number of anilines is 1. The molecule has 0 saturated carbocycles. The van der Waals surface area contributed by atoms with Crippen molar-refractivity contribution < 1.29 is 9.84 Å². The van der Waals surface area contributed by atoms with E-state index in [9.17, 15) is 5.11 Å². The predicted octanol–water partition coefficient (Wildman–Crippen LogP) is 1.45. The fourth-order valence-corrected chi connectivity index (χ4v) is 2.93. The minimum Gasteiger partial charge on any atom is -0.481 e. The van der Waals surface area contributed by atoms with Crippen molar-refractivity contribution in [2.24, 2.45) is 0 Å². The van der Waals surface area contributed by atoms with Crippen LogP contribution < -0.4 is 9.64 Å². The van der Waals surface area contributed by atoms with E-state index in [0.29, 0.717) is 30.5 Å². The van der Waals surface area contributed by atoms with Crippen molar-refractivity contribution in [2.75, 3.05) is 25.1 Å². The molecule has 1 saturated heterocycles. The Hall–Kier alpha value is -2.22. The minimum atomic E-state index is -1.05. The molecule has 1 atom stereocenters. The summed E-state index contributed by atoms with van der Waals surface area (Å²) in [6.07, 6.45) is 3.29. The van der Waals surface area contributed by atoms with Crippen LogP contribution >= 0.6 is 0 Å². The Morgan fingerprint density at radius 2 is 2.12 bits per heavy atom. The summed E-state index contributed by atoms with van der Waals surface area (Å²) in [6, 6.07) is 1.99. The molecule has 2 aromatic rings. The first kappa shape index (κ1) is 16.6. The van der Waals surface area contributed by atoms with Gasteiger partial charge in [0.25, 0.3) is 0 Å². The number of nitrogens with zero attached hydrogens (tertiary/aromatic N) is 6. The largest absolute Gasteiger partial charge is 0.481 e. The van der Waals surface area contributed by atoms with Crippen LogP contribution in [-0.4, -0.2) is 50.3 Å². The van der Waals surface area contributed by atoms with E-state index in [4.69, 9.17) is 4.74 Å². The topological polar surface area (TPSA) is 89.2 Å². The van der Waals surface area contributed by atoms with E-state index in [0.717, 1.165) is 18.7 Å². The summed E-state index contributed by atoms with van der Waals surface area (Å²) < 4.78 is 6.99. The maximum Gasteiger partial charge on any atom is 0.228 e. The SMILES string of the molecule is COc1cc(C)nc(N2CCC[C@@](O)(c3cn(C(C)C)nn3)C2)n1. The van der Waals surface area contributed by atoms with Crippen LogP contribution in [0.2, 0.25) is 0 Å². The highest BCUT2D eigenvalue weighted by atomic mass is 16.5. The van der Waals surface area contributed by atoms with E-state index in [1.165, 1.54) is 0 Å². The van der Waals surface area contributed by atoms with E-state index < -0.39 is 5.60 Å². The molecule has 0 radical (unpaired) electrons. The molecule has 8 heteroatoms. The average Bonchev–Trinajstić information content (AvgIpc) is 3.05. The summed E-state index contributed by atoms with van der Waals surface area (Å²) in [7, 11) is 1.59. The van der Waals surface area contributed by atoms with Crippen molar-refractivity contribution >= 4 is 5.95 Å². The summed E-state index contributed by atoms with van der Waals surface area (Å²) in [5.41, 5.74) is 0.378. The van der Waals surface area contributed by atoms with Gasteiger partial charge in [-0.2, -0.15) is 4.98 Å². The molecule has 1 aliphatic heterocycles. The number of aromatic nitrogens is 5. The second-order valence-corrected chi connectivity index (χ2v) is 6.59. The van der Waals surface area contributed by atoms with Crippen LogP contribution in [0.3, 0.4) is 0 Å². The van der Waals surface area contributed by atoms with Gasteiger partial charge >= 0.3 is 0 Å². The van der Waals surface area contributed by atoms with Gasteiger partial charge in [-0.15, -0.1) is 5.10 Å². The molecule has 3 rings (SSSR count). The summed E-state index contributed by atoms with van der Waals surface area (Å²) >= 11 is 0. The number of hydrogen-bond donors (Lipinski definition) is 1. The van der Waals surface area contributed by atoms with Crippen LogP contribution in [0.15, 0.2) is 12.3 Å². The molecule has 8 nitrogen and oxygen atoms in total. The van der Waals surface area contributed by atoms with Gasteiger partial charge in [-0.05, 0) is 33.6 Å². The molecule has 24 heavy (non-hydrogen) atoms. The Balaban J connectivity index is 1.86. The summed E-state index contributed by atoms with van der Waals surface area (Å²) in [6.45, 7) is 7.13. The standard InChI is InChI=1S/C16H24N6O2/c1-11(2)22-9-13(19-20-22)16(23)6-5-7-21(10-16)15-17-12(3)8-14(18-15)24-4/h8-9,11,23H,5-7,10H2,1-4H3/t16-/m0/s1. The number of aryl methyl sites for hydroxylation is 1. The van der Waals surface area contributed by atoms with Gasteiger partial charge in [0.1, 0.15) is 11.3 Å². The first-order valence-corrected chi connectivity index (χ1v) is 8.20. The van der Waals surface area contributed by atoms with Crippen molar-refractivity contribution in [3.05, 3.63) is 23.7 Å². The number of methoxy groups -OCH3 is 1. The fourth-order valence-electron chi connectivity index (χ4n) is 2.93. The third-order valence-corrected chi connectivity index (χ3v) is 4.30. The zero-order valence-corrected chi connectivity index (χ0v) is 14.6. The normalized spacial score (nSPS) is 21.3. The van der Waals surface area contributed by atoms with Gasteiger partial charge in [0.15, 0.2) is 0 Å². The van der Waals surface area contributed by atoms with Gasteiger partial charge in [0, 0.05) is 24.3 Å². The van der Waals surface area contributed by atoms with E-state index in [1.807, 2.05) is 31.9 Å². The Labute approximate surface area is 141 Å². The monoisotopic (exact) mass is 332 g/mol. The fraction of sp³-hybridized carbons (Fsp3) is 0.625. The van der Waals surface area contributed by atoms with Crippen molar-refractivity contribution in [1.82, 2.24) is 25.0 Å². The van der Waals surface area contributed by atoms with Crippen LogP contribution in [-0.2, 0) is 5.60 Å². The van der Waals surface area contributed by atoms with Gasteiger partial charge < -0.3 is 14.7 Å². The zero-order valence-electron chi connectivity index (χ0n) is 14.6. The quantitative estimate of drug-likeness (QED) is 0.906. The smallest absolute Gasteiger partial charge is 0.228 e. The lowest BCUT2D eigenvalue weighted by atomic mass is 9.90. The van der Waals surface area contributed by atoms with Crippen LogP contribution in [0.4, 0.5) is 5.95 Å². The van der Waals surface area contributed by atoms with Crippen LogP contribution in [0.1, 0.15) is 44.1 Å². The first-order valence-electron chi connectivity index (χ1n) is 8.20. The molecule has 0 aliphatic carbocycles. The van der Waals surface area contributed by atoms with E-state index in [2.05, 4.69) is 20.3 Å². The zero-order chi connectivity index (χ0) is 17.3. The molecule has 2 aromatic heterocycles. The molecule has 1 N–H and O–H groups in total. The number of aliphatic hydroxyl groups is 1. The second kappa shape index (κ2) is 6.35. The number of rotatable bonds is 4. The Morgan fingerprint density at radius 1 is 1.33 bits per heavy atom. The van der Waals surface area contributed by atoms with Gasteiger partial charge in [0.2, 0.25) is 11.8 Å². The molecule has 1 aliphatic rings. The van der Waals surface area contributed by atoms with E-state index in [1.54, 1.807) is 17.9 Å². The van der Waals surface area contributed by atoms with E-state index >= 15 is 0 Å². The Kier molecular flexibility index (Phi) is 4.40. The molecule has 0 spiro atoms. The van der Waals surface area contributed by atoms with Crippen molar-refractivity contribution in [1.29, 1.82) is 0 Å². The summed E-state index contributed by atoms with van der Waals surface area (Å²) in [5, 5.41) is 19.4. The molecule has 130 valence electrons. The summed E-state index contributed by atoms with van der Waals surface area (Å²) in [5.74, 6) is 1.10. The highest BCUT2D eigenvalue weighted by Crippen LogP contribution is 2.32. The molecule has 0 unspecified atom stereocenters. The molecular formula is C16H24N6O2. The number of piperidine rings is 1. The van der Waals surface area contributed by atoms with Crippen molar-refractivity contribution in [2.45, 2.75) is 45.3 Å². The maximum absolute atomic E-state index is 11.1. The highest BCUT2D eigenvalue weighted by molar-refractivity contribution is 5.36. The highest BCUT2D eigenvalue weighted by Gasteiger charge is 2.38. The summed E-state index contributed by atoms with van der Waals surface area (Å²) in [4.78, 5) is 10.9. The van der Waals surface area contributed by atoms with Crippen LogP contribution in [0, 0.1) is 6.92 Å². The van der Waals surface area contributed by atoms with Crippen molar-refractivity contribution in [3.8, 4) is 5.88 Å². The van der Waals surface area contributed by atoms with E-state index in [-0.39, 0.29) is 6.04 Å². The number of β-amino-alcohol motifs (C(OH)–C–C–N with tert-alkyl or cyclic N) is 1. The van der Waals surface area contributed by atoms with Crippen molar-refractivity contribution in [3.63, 3.8) is 0 Å². The molecule has 3 heterocycles. The average molecular weight is 332 g/mol. The predicted molar refractivity (Wildman–Crippen MR) is 89.1 cm³/mol. The van der Waals surface area contributed by atoms with Gasteiger partial charge in [-0.1, -0.05) is 5.21 Å². The Bertz CT molecular complexity index is 716. The lowest BCUT2D eigenvalue weighted by Gasteiger charge is -2.38. The van der Waals surface area contributed by atoms with Gasteiger partial charge in [-0.3, -0.25) is 0 Å². The number of ether oxygens (including phenoxy) is 1. The first-order chi connectivity index (χ1) is 11.4. The van der Waals surface area contributed by atoms with Crippen LogP contribution in [0.25, 0.3) is 0 Å². The number of hydrogen-bond acceptors (Lipinski definition) is 7. The third-order valence-electron chi connectivity index (χ3n) is 4.30. The molecule has 1 fully saturated rings. The second-order valence-electron chi connectivity index (χ2n) is 6.59. The lowest BCUT2D eigenvalue weighted by Crippen LogP contribution is -2.47. The molecule has 0 bridgehead atoms.